The van der Waals surface area contributed by atoms with Gasteiger partial charge in [0.05, 0.1) is 32.6 Å². The summed E-state index contributed by atoms with van der Waals surface area (Å²) in [5, 5.41) is 24.2. The molecular formula is C26H27N3O6. The highest BCUT2D eigenvalue weighted by Gasteiger charge is 2.15. The largest absolute Gasteiger partial charge is 0.506 e. The van der Waals surface area contributed by atoms with E-state index in [9.17, 15) is 14.7 Å². The highest BCUT2D eigenvalue weighted by Crippen LogP contribution is 2.30. The molecule has 182 valence electrons. The molecule has 0 saturated carbocycles. The summed E-state index contributed by atoms with van der Waals surface area (Å²) in [4.78, 5) is 24.2. The van der Waals surface area contributed by atoms with Gasteiger partial charge in [0, 0.05) is 17.0 Å². The van der Waals surface area contributed by atoms with Crippen molar-refractivity contribution in [2.45, 2.75) is 12.8 Å². The zero-order valence-corrected chi connectivity index (χ0v) is 19.7. The molecule has 0 unspecified atom stereocenters. The van der Waals surface area contributed by atoms with E-state index in [0.717, 1.165) is 17.7 Å². The summed E-state index contributed by atoms with van der Waals surface area (Å²) in [6, 6.07) is 9.49. The number of carbonyl (C=O) groups excluding carboxylic acids is 2. The molecular weight excluding hydrogens is 450 g/mol. The number of nitrogens with one attached hydrogen (secondary N) is 3. The Hall–Kier alpha value is -4.53. The quantitative estimate of drug-likeness (QED) is 0.269. The number of hydrogen-bond donors (Lipinski definition) is 4. The lowest BCUT2D eigenvalue weighted by atomic mass is 10.1. The number of aromatic hydroxyl groups is 1. The molecule has 4 N–H and O–H groups in total. The zero-order valence-electron chi connectivity index (χ0n) is 19.7. The third-order valence-corrected chi connectivity index (χ3v) is 5.20. The van der Waals surface area contributed by atoms with Gasteiger partial charge >= 0.3 is 5.97 Å². The normalized spacial score (nSPS) is 16.5. The number of amides is 1. The maximum atomic E-state index is 12.6. The number of hydrogen-bond acceptors (Lipinski definition) is 8. The van der Waals surface area contributed by atoms with Crippen LogP contribution in [0.3, 0.4) is 0 Å². The standard InChI is InChI=1S/C26H27N3O6/c1-33-23-12-10-16(14-24(23)34-2)20-8-6-4-5-7-18(28-20)15-19(27)25(31)29-21-11-9-17(13-22(21)30)26(32)35-3/h4,6,8-15,27-28,30H,5,7H2,1-3H3,(H,29,31)/b6-4-,18-15-,20-8-,27-19?. The van der Waals surface area contributed by atoms with E-state index in [1.54, 1.807) is 20.3 Å². The molecule has 1 aliphatic heterocycles. The van der Waals surface area contributed by atoms with Crippen LogP contribution in [0.15, 0.2) is 66.4 Å². The molecule has 0 fully saturated rings. The number of phenolic OH excluding ortho intramolecular Hbond substituents is 1. The van der Waals surface area contributed by atoms with Crippen molar-refractivity contribution in [3.8, 4) is 17.2 Å². The fourth-order valence-electron chi connectivity index (χ4n) is 3.37. The first kappa shape index (κ1) is 25.1. The van der Waals surface area contributed by atoms with E-state index in [1.807, 2.05) is 30.4 Å². The van der Waals surface area contributed by atoms with Crippen molar-refractivity contribution in [3.05, 3.63) is 77.5 Å². The summed E-state index contributed by atoms with van der Waals surface area (Å²) >= 11 is 0. The van der Waals surface area contributed by atoms with E-state index < -0.39 is 11.9 Å². The number of benzene rings is 2. The molecule has 0 aromatic heterocycles. The van der Waals surface area contributed by atoms with Gasteiger partial charge in [0.15, 0.2) is 11.5 Å². The predicted molar refractivity (Wildman–Crippen MR) is 133 cm³/mol. The van der Waals surface area contributed by atoms with Gasteiger partial charge in [0.1, 0.15) is 11.5 Å². The molecule has 9 heteroatoms. The molecule has 1 heterocycles. The van der Waals surface area contributed by atoms with Gasteiger partial charge in [-0.05, 0) is 61.4 Å². The molecule has 0 bridgehead atoms. The van der Waals surface area contributed by atoms with Crippen LogP contribution in [0.25, 0.3) is 5.70 Å². The maximum Gasteiger partial charge on any atom is 0.337 e. The molecule has 1 aliphatic rings. The third kappa shape index (κ3) is 6.29. The van der Waals surface area contributed by atoms with Crippen LogP contribution in [-0.2, 0) is 9.53 Å². The van der Waals surface area contributed by atoms with Crippen molar-refractivity contribution in [2.75, 3.05) is 26.6 Å². The summed E-state index contributed by atoms with van der Waals surface area (Å²) in [5.41, 5.74) is 2.18. The molecule has 1 amide bonds. The molecule has 0 saturated heterocycles. The van der Waals surface area contributed by atoms with Gasteiger partial charge in [-0.2, -0.15) is 0 Å². The number of carbonyl (C=O) groups is 2. The number of rotatable bonds is 7. The summed E-state index contributed by atoms with van der Waals surface area (Å²) < 4.78 is 15.3. The lowest BCUT2D eigenvalue weighted by Crippen LogP contribution is -2.23. The summed E-state index contributed by atoms with van der Waals surface area (Å²) in [5.74, 6) is -0.451. The Balaban J connectivity index is 1.77. The number of ether oxygens (including phenoxy) is 3. The van der Waals surface area contributed by atoms with Gasteiger partial charge in [0.2, 0.25) is 0 Å². The Kier molecular flexibility index (Phi) is 8.29. The van der Waals surface area contributed by atoms with Crippen LogP contribution in [0.5, 0.6) is 17.2 Å². The van der Waals surface area contributed by atoms with Crippen LogP contribution in [0, 0.1) is 5.41 Å². The van der Waals surface area contributed by atoms with Crippen molar-refractivity contribution >= 4 is 29.0 Å². The van der Waals surface area contributed by atoms with E-state index in [-0.39, 0.29) is 22.7 Å². The Morgan fingerprint density at radius 2 is 1.86 bits per heavy atom. The topological polar surface area (TPSA) is 130 Å². The molecule has 2 aromatic carbocycles. The van der Waals surface area contributed by atoms with Crippen LogP contribution >= 0.6 is 0 Å². The van der Waals surface area contributed by atoms with Crippen molar-refractivity contribution < 1.29 is 28.9 Å². The number of esters is 1. The first-order valence-corrected chi connectivity index (χ1v) is 10.7. The number of anilines is 1. The van der Waals surface area contributed by atoms with E-state index >= 15 is 0 Å². The fraction of sp³-hybridized carbons (Fsp3) is 0.192. The summed E-state index contributed by atoms with van der Waals surface area (Å²) in [6.07, 6.45) is 8.59. The Bertz CT molecular complexity index is 1230. The minimum Gasteiger partial charge on any atom is -0.506 e. The van der Waals surface area contributed by atoms with Crippen LogP contribution in [-0.4, -0.2) is 44.0 Å². The predicted octanol–water partition coefficient (Wildman–Crippen LogP) is 4.02. The minimum atomic E-state index is -0.713. The van der Waals surface area contributed by atoms with Crippen LogP contribution in [0.2, 0.25) is 0 Å². The average Bonchev–Trinajstić information content (AvgIpc) is 2.85. The molecule has 35 heavy (non-hydrogen) atoms. The van der Waals surface area contributed by atoms with Crippen molar-refractivity contribution in [3.63, 3.8) is 0 Å². The van der Waals surface area contributed by atoms with E-state index in [2.05, 4.69) is 15.4 Å². The van der Waals surface area contributed by atoms with Gasteiger partial charge in [-0.3, -0.25) is 10.2 Å². The smallest absolute Gasteiger partial charge is 0.337 e. The Morgan fingerprint density at radius 1 is 1.09 bits per heavy atom. The van der Waals surface area contributed by atoms with E-state index in [1.165, 1.54) is 31.4 Å². The molecule has 0 aliphatic carbocycles. The fourth-order valence-corrected chi connectivity index (χ4v) is 3.37. The van der Waals surface area contributed by atoms with Gasteiger partial charge < -0.3 is 30.0 Å². The third-order valence-electron chi connectivity index (χ3n) is 5.20. The minimum absolute atomic E-state index is 0.0743. The highest BCUT2D eigenvalue weighted by molar-refractivity contribution is 6.46. The van der Waals surface area contributed by atoms with E-state index in [0.29, 0.717) is 23.6 Å². The molecule has 0 radical (unpaired) electrons. The maximum absolute atomic E-state index is 12.6. The molecule has 0 spiro atoms. The van der Waals surface area contributed by atoms with Gasteiger partial charge in [-0.25, -0.2) is 4.79 Å². The monoisotopic (exact) mass is 477 g/mol. The second-order valence-electron chi connectivity index (χ2n) is 7.50. The Labute approximate surface area is 203 Å². The molecule has 0 atom stereocenters. The number of phenols is 1. The van der Waals surface area contributed by atoms with Gasteiger partial charge in [0.25, 0.3) is 5.91 Å². The van der Waals surface area contributed by atoms with E-state index in [4.69, 9.17) is 14.9 Å². The summed E-state index contributed by atoms with van der Waals surface area (Å²) in [7, 11) is 4.36. The number of methoxy groups -OCH3 is 3. The molecule has 2 aromatic rings. The van der Waals surface area contributed by atoms with Gasteiger partial charge in [-0.15, -0.1) is 0 Å². The Morgan fingerprint density at radius 3 is 2.54 bits per heavy atom. The molecule has 9 nitrogen and oxygen atoms in total. The first-order valence-electron chi connectivity index (χ1n) is 10.7. The number of allylic oxidation sites excluding steroid dienone is 4. The van der Waals surface area contributed by atoms with Crippen LogP contribution in [0.4, 0.5) is 5.69 Å². The second-order valence-corrected chi connectivity index (χ2v) is 7.50. The van der Waals surface area contributed by atoms with Crippen molar-refractivity contribution in [1.29, 1.82) is 5.41 Å². The van der Waals surface area contributed by atoms with Crippen LogP contribution < -0.4 is 20.1 Å². The lowest BCUT2D eigenvalue weighted by Gasteiger charge is -2.17. The average molecular weight is 478 g/mol. The first-order chi connectivity index (χ1) is 16.9. The summed E-state index contributed by atoms with van der Waals surface area (Å²) in [6.45, 7) is 0. The van der Waals surface area contributed by atoms with Crippen molar-refractivity contribution in [2.24, 2.45) is 0 Å². The lowest BCUT2D eigenvalue weighted by molar-refractivity contribution is -0.110. The second kappa shape index (κ2) is 11.6. The van der Waals surface area contributed by atoms with Crippen molar-refractivity contribution in [1.82, 2.24) is 5.32 Å². The van der Waals surface area contributed by atoms with Gasteiger partial charge in [-0.1, -0.05) is 12.2 Å². The zero-order chi connectivity index (χ0) is 25.4. The highest BCUT2D eigenvalue weighted by atomic mass is 16.5. The molecule has 3 rings (SSSR count). The SMILES string of the molecule is COC(=O)c1ccc(NC(=O)C(=N)/C=C2/CC/C=C\C=C(\c3ccc(OC)c(OC)c3)N2)c(O)c1. The van der Waals surface area contributed by atoms with Crippen LogP contribution in [0.1, 0.15) is 28.8 Å².